The zero-order chi connectivity index (χ0) is 14.8. The zero-order valence-electron chi connectivity index (χ0n) is 10.8. The van der Waals surface area contributed by atoms with Gasteiger partial charge in [-0.3, -0.25) is 4.79 Å². The van der Waals surface area contributed by atoms with Crippen molar-refractivity contribution in [3.63, 3.8) is 0 Å². The van der Waals surface area contributed by atoms with Crippen LogP contribution in [0.2, 0.25) is 0 Å². The molecule has 0 fully saturated rings. The summed E-state index contributed by atoms with van der Waals surface area (Å²) in [5.41, 5.74) is 5.66. The molecule has 1 aromatic heterocycles. The van der Waals surface area contributed by atoms with E-state index in [9.17, 15) is 9.59 Å². The lowest BCUT2D eigenvalue weighted by Crippen LogP contribution is -2.29. The molecule has 0 aliphatic heterocycles. The van der Waals surface area contributed by atoms with Gasteiger partial charge in [0.1, 0.15) is 12.3 Å². The Morgan fingerprint density at radius 1 is 1.45 bits per heavy atom. The van der Waals surface area contributed by atoms with Crippen molar-refractivity contribution in [2.75, 3.05) is 19.8 Å². The van der Waals surface area contributed by atoms with Crippen molar-refractivity contribution in [3.8, 4) is 11.8 Å². The van der Waals surface area contributed by atoms with Gasteiger partial charge in [0.05, 0.1) is 13.2 Å². The molecule has 0 aliphatic rings. The Hall–Kier alpha value is -2.59. The van der Waals surface area contributed by atoms with Gasteiger partial charge in [-0.1, -0.05) is 11.8 Å². The van der Waals surface area contributed by atoms with Crippen molar-refractivity contribution >= 4 is 12.0 Å². The predicted molar refractivity (Wildman–Crippen MR) is 70.7 cm³/mol. The van der Waals surface area contributed by atoms with Gasteiger partial charge in [-0.05, 0) is 12.1 Å². The number of hydrogen-bond donors (Lipinski definition) is 3. The summed E-state index contributed by atoms with van der Waals surface area (Å²) >= 11 is 0. The highest BCUT2D eigenvalue weighted by Gasteiger charge is 2.06. The number of carbonyl (C=O) groups excluding carboxylic acids is 2. The summed E-state index contributed by atoms with van der Waals surface area (Å²) in [4.78, 5) is 25.9. The molecule has 0 unspecified atom stereocenters. The summed E-state index contributed by atoms with van der Waals surface area (Å²) < 4.78 is 4.47. The lowest BCUT2D eigenvalue weighted by molar-refractivity contribution is 0.0932. The molecule has 4 N–H and O–H groups in total. The molecular weight excluding hydrogens is 262 g/mol. The quantitative estimate of drug-likeness (QED) is 0.502. The second kappa shape index (κ2) is 8.50. The molecule has 0 spiro atoms. The van der Waals surface area contributed by atoms with E-state index in [1.165, 1.54) is 12.3 Å². The molecule has 1 heterocycles. The highest BCUT2D eigenvalue weighted by Crippen LogP contribution is 1.99. The van der Waals surface area contributed by atoms with Crippen LogP contribution >= 0.6 is 0 Å². The van der Waals surface area contributed by atoms with Crippen molar-refractivity contribution in [2.24, 2.45) is 5.73 Å². The van der Waals surface area contributed by atoms with E-state index in [-0.39, 0.29) is 31.4 Å². The van der Waals surface area contributed by atoms with Crippen LogP contribution in [0.15, 0.2) is 18.3 Å². The highest BCUT2D eigenvalue weighted by atomic mass is 16.5. The van der Waals surface area contributed by atoms with E-state index in [1.807, 2.05) is 0 Å². The average molecular weight is 277 g/mol. The second-order valence-electron chi connectivity index (χ2n) is 3.63. The Kier molecular flexibility index (Phi) is 6.57. The smallest absolute Gasteiger partial charge is 0.404 e. The number of hydrogen-bond acceptors (Lipinski definition) is 5. The van der Waals surface area contributed by atoms with Crippen LogP contribution in [-0.4, -0.2) is 41.8 Å². The number of aliphatic hydroxyl groups is 1. The topological polar surface area (TPSA) is 115 Å². The predicted octanol–water partition coefficient (Wildman–Crippen LogP) is -0.359. The molecule has 0 saturated heterocycles. The minimum Gasteiger partial charge on any atom is -0.448 e. The standard InChI is InChI=1S/C13H15N3O4/c14-13(19)20-8-6-15-12(18)11-5-4-10(9-16-11)3-1-2-7-17/h4-5,9,17H,2,6-8H2,(H2,14,19)(H,15,18). The number of nitrogens with two attached hydrogens (primary N) is 1. The molecule has 1 rings (SSSR count). The third-order valence-corrected chi connectivity index (χ3v) is 2.10. The molecule has 0 aromatic carbocycles. The molecule has 0 saturated carbocycles. The van der Waals surface area contributed by atoms with E-state index in [2.05, 4.69) is 26.9 Å². The van der Waals surface area contributed by atoms with Crippen LogP contribution < -0.4 is 11.1 Å². The van der Waals surface area contributed by atoms with Gasteiger partial charge < -0.3 is 20.9 Å². The lowest BCUT2D eigenvalue weighted by atomic mass is 10.2. The number of rotatable bonds is 5. The van der Waals surface area contributed by atoms with Gasteiger partial charge in [-0.2, -0.15) is 0 Å². The van der Waals surface area contributed by atoms with Crippen LogP contribution in [0.4, 0.5) is 4.79 Å². The first kappa shape index (κ1) is 15.5. The summed E-state index contributed by atoms with van der Waals surface area (Å²) in [6, 6.07) is 3.19. The van der Waals surface area contributed by atoms with Gasteiger partial charge in [0.15, 0.2) is 0 Å². The van der Waals surface area contributed by atoms with Gasteiger partial charge in [0, 0.05) is 18.2 Å². The molecular formula is C13H15N3O4. The number of pyridine rings is 1. The molecule has 0 aliphatic carbocycles. The van der Waals surface area contributed by atoms with Gasteiger partial charge in [0.2, 0.25) is 0 Å². The Balaban J connectivity index is 2.45. The molecule has 0 atom stereocenters. The normalized spacial score (nSPS) is 9.25. The Bertz CT molecular complexity index is 517. The van der Waals surface area contributed by atoms with Crippen LogP contribution in [0.5, 0.6) is 0 Å². The number of amides is 2. The summed E-state index contributed by atoms with van der Waals surface area (Å²) in [5.74, 6) is 5.17. The maximum atomic E-state index is 11.6. The fourth-order valence-electron chi connectivity index (χ4n) is 1.23. The SMILES string of the molecule is NC(=O)OCCNC(=O)c1ccc(C#CCCO)cn1. The van der Waals surface area contributed by atoms with E-state index in [1.54, 1.807) is 6.07 Å². The summed E-state index contributed by atoms with van der Waals surface area (Å²) in [7, 11) is 0. The monoisotopic (exact) mass is 277 g/mol. The first-order chi connectivity index (χ1) is 9.63. The number of ether oxygens (including phenoxy) is 1. The summed E-state index contributed by atoms with van der Waals surface area (Å²) in [6.45, 7) is 0.168. The number of nitrogens with one attached hydrogen (secondary N) is 1. The van der Waals surface area contributed by atoms with Crippen molar-refractivity contribution in [1.29, 1.82) is 0 Å². The van der Waals surface area contributed by atoms with Gasteiger partial charge >= 0.3 is 6.09 Å². The van der Waals surface area contributed by atoms with Crippen molar-refractivity contribution < 1.29 is 19.4 Å². The van der Waals surface area contributed by atoms with Crippen molar-refractivity contribution in [3.05, 3.63) is 29.6 Å². The van der Waals surface area contributed by atoms with E-state index in [0.717, 1.165) is 0 Å². The number of aliphatic hydroxyl groups excluding tert-OH is 1. The fourth-order valence-corrected chi connectivity index (χ4v) is 1.23. The Morgan fingerprint density at radius 2 is 2.25 bits per heavy atom. The maximum Gasteiger partial charge on any atom is 0.404 e. The van der Waals surface area contributed by atoms with Crippen LogP contribution in [0.1, 0.15) is 22.5 Å². The minimum absolute atomic E-state index is 0.00575. The zero-order valence-corrected chi connectivity index (χ0v) is 10.8. The summed E-state index contributed by atoms with van der Waals surface area (Å²) in [5, 5.41) is 11.1. The Labute approximate surface area is 116 Å². The van der Waals surface area contributed by atoms with Crippen LogP contribution in [0.3, 0.4) is 0 Å². The number of carbonyl (C=O) groups is 2. The number of aromatic nitrogens is 1. The van der Waals surface area contributed by atoms with Crippen molar-refractivity contribution in [2.45, 2.75) is 6.42 Å². The maximum absolute atomic E-state index is 11.6. The lowest BCUT2D eigenvalue weighted by Gasteiger charge is -2.04. The van der Waals surface area contributed by atoms with Crippen molar-refractivity contribution in [1.82, 2.24) is 10.3 Å². The summed E-state index contributed by atoms with van der Waals surface area (Å²) in [6.07, 6.45) is 0.976. The molecule has 7 nitrogen and oxygen atoms in total. The first-order valence-corrected chi connectivity index (χ1v) is 5.89. The number of primary amides is 1. The highest BCUT2D eigenvalue weighted by molar-refractivity contribution is 5.92. The Morgan fingerprint density at radius 3 is 2.85 bits per heavy atom. The third-order valence-electron chi connectivity index (χ3n) is 2.10. The molecule has 2 amide bonds. The average Bonchev–Trinajstić information content (AvgIpc) is 2.44. The molecule has 0 radical (unpaired) electrons. The van der Waals surface area contributed by atoms with Crippen LogP contribution in [0, 0.1) is 11.8 Å². The van der Waals surface area contributed by atoms with E-state index in [4.69, 9.17) is 10.8 Å². The largest absolute Gasteiger partial charge is 0.448 e. The van der Waals surface area contributed by atoms with Gasteiger partial charge in [-0.25, -0.2) is 9.78 Å². The molecule has 20 heavy (non-hydrogen) atoms. The molecule has 7 heteroatoms. The second-order valence-corrected chi connectivity index (χ2v) is 3.63. The fraction of sp³-hybridized carbons (Fsp3) is 0.308. The first-order valence-electron chi connectivity index (χ1n) is 5.89. The molecule has 106 valence electrons. The number of nitrogens with zero attached hydrogens (tertiary/aromatic N) is 1. The van der Waals surface area contributed by atoms with Crippen LogP contribution in [-0.2, 0) is 4.74 Å². The van der Waals surface area contributed by atoms with Crippen LogP contribution in [0.25, 0.3) is 0 Å². The van der Waals surface area contributed by atoms with E-state index in [0.29, 0.717) is 12.0 Å². The minimum atomic E-state index is -0.886. The third kappa shape index (κ3) is 5.84. The van der Waals surface area contributed by atoms with Gasteiger partial charge in [0.25, 0.3) is 5.91 Å². The van der Waals surface area contributed by atoms with E-state index < -0.39 is 6.09 Å². The van der Waals surface area contributed by atoms with E-state index >= 15 is 0 Å². The van der Waals surface area contributed by atoms with Gasteiger partial charge in [-0.15, -0.1) is 0 Å². The molecule has 1 aromatic rings. The molecule has 0 bridgehead atoms.